The molecule has 7 nitrogen and oxygen atoms in total. The number of carbonyl (C=O) groups excluding carboxylic acids is 2. The fraction of sp³-hybridized carbons (Fsp3) is 0.158. The Balaban J connectivity index is 2.06. The number of primary amides is 1. The predicted molar refractivity (Wildman–Crippen MR) is 105 cm³/mol. The highest BCUT2D eigenvalue weighted by Gasteiger charge is 2.23. The Morgan fingerprint density at radius 3 is 2.46 bits per heavy atom. The lowest BCUT2D eigenvalue weighted by atomic mass is 10.2. The van der Waals surface area contributed by atoms with Crippen LogP contribution in [0.25, 0.3) is 17.1 Å². The van der Waals surface area contributed by atoms with E-state index in [0.29, 0.717) is 11.0 Å². The number of halogens is 1. The molecule has 0 aliphatic rings. The summed E-state index contributed by atoms with van der Waals surface area (Å²) >= 11 is 1.09. The van der Waals surface area contributed by atoms with Crippen LogP contribution in [0.3, 0.4) is 0 Å². The second-order valence-corrected chi connectivity index (χ2v) is 7.38. The maximum absolute atomic E-state index is 14.4. The zero-order chi connectivity index (χ0) is 20.3. The first-order valence-corrected chi connectivity index (χ1v) is 9.29. The van der Waals surface area contributed by atoms with Gasteiger partial charge in [-0.2, -0.15) is 0 Å². The van der Waals surface area contributed by atoms with Crippen molar-refractivity contribution in [1.82, 2.24) is 20.1 Å². The number of thioether (sulfide) groups is 1. The summed E-state index contributed by atoms with van der Waals surface area (Å²) in [5.41, 5.74) is 7.07. The van der Waals surface area contributed by atoms with E-state index in [1.807, 2.05) is 36.5 Å². The average molecular weight is 399 g/mol. The molecule has 0 saturated carbocycles. The van der Waals surface area contributed by atoms with Crippen LogP contribution in [0.1, 0.15) is 12.5 Å². The number of benzene rings is 2. The molecule has 3 rings (SSSR count). The molecule has 3 aromatic rings. The quantitative estimate of drug-likeness (QED) is 0.642. The van der Waals surface area contributed by atoms with E-state index in [1.54, 1.807) is 29.7 Å². The summed E-state index contributed by atoms with van der Waals surface area (Å²) < 4.78 is 16.1. The van der Waals surface area contributed by atoms with Gasteiger partial charge in [0.15, 0.2) is 11.0 Å². The fourth-order valence-electron chi connectivity index (χ4n) is 2.52. The Hall–Kier alpha value is -3.20. The number of aromatic nitrogens is 3. The predicted octanol–water partition coefficient (Wildman–Crippen LogP) is 3.06. The number of rotatable bonds is 5. The molecule has 1 atom stereocenters. The van der Waals surface area contributed by atoms with E-state index in [0.717, 1.165) is 23.0 Å². The Morgan fingerprint density at radius 2 is 1.82 bits per heavy atom. The minimum atomic E-state index is -0.926. The summed E-state index contributed by atoms with van der Waals surface area (Å²) in [7, 11) is 0. The molecule has 0 saturated heterocycles. The highest BCUT2D eigenvalue weighted by atomic mass is 32.2. The number of nitrogens with zero attached hydrogens (tertiary/aromatic N) is 3. The summed E-state index contributed by atoms with van der Waals surface area (Å²) in [5, 5.41) is 10.0. The van der Waals surface area contributed by atoms with Crippen molar-refractivity contribution >= 4 is 23.7 Å². The number of nitrogens with two attached hydrogens (primary N) is 1. The lowest BCUT2D eigenvalue weighted by Crippen LogP contribution is -2.39. The van der Waals surface area contributed by atoms with E-state index >= 15 is 0 Å². The molecule has 9 heteroatoms. The third-order valence-corrected chi connectivity index (χ3v) is 4.98. The number of urea groups is 1. The first kappa shape index (κ1) is 19.6. The van der Waals surface area contributed by atoms with Gasteiger partial charge in [0.05, 0.1) is 10.8 Å². The normalized spacial score (nSPS) is 11.8. The van der Waals surface area contributed by atoms with Crippen molar-refractivity contribution in [2.45, 2.75) is 24.3 Å². The van der Waals surface area contributed by atoms with Gasteiger partial charge in [-0.3, -0.25) is 14.7 Å². The van der Waals surface area contributed by atoms with E-state index in [9.17, 15) is 14.0 Å². The molecule has 28 heavy (non-hydrogen) atoms. The van der Waals surface area contributed by atoms with E-state index < -0.39 is 23.0 Å². The second kappa shape index (κ2) is 8.22. The molecular weight excluding hydrogens is 381 g/mol. The number of nitrogens with one attached hydrogen (secondary N) is 1. The molecule has 0 bridgehead atoms. The van der Waals surface area contributed by atoms with Gasteiger partial charge in [0.25, 0.3) is 0 Å². The highest BCUT2D eigenvalue weighted by molar-refractivity contribution is 8.00. The van der Waals surface area contributed by atoms with Gasteiger partial charge in [-0.25, -0.2) is 9.18 Å². The summed E-state index contributed by atoms with van der Waals surface area (Å²) in [4.78, 5) is 23.0. The number of imide groups is 1. The molecule has 1 unspecified atom stereocenters. The maximum atomic E-state index is 14.4. The first-order valence-electron chi connectivity index (χ1n) is 8.41. The standard InChI is InChI=1S/C19H18FN5O2S/c1-11-7-9-13(10-8-11)25-16(14-5-3-4-6-15(14)20)23-24-19(25)28-12(2)17(26)22-18(21)27/h3-10,12H,1-2H3,(H3,21,22,26,27). The van der Waals surface area contributed by atoms with E-state index in [2.05, 4.69) is 10.2 Å². The van der Waals surface area contributed by atoms with Crippen LogP contribution in [0.15, 0.2) is 53.7 Å². The van der Waals surface area contributed by atoms with Crippen molar-refractivity contribution in [2.24, 2.45) is 5.73 Å². The SMILES string of the molecule is Cc1ccc(-n2c(SC(C)C(=O)NC(N)=O)nnc2-c2ccccc2F)cc1. The van der Waals surface area contributed by atoms with Crippen LogP contribution in [0.5, 0.6) is 0 Å². The van der Waals surface area contributed by atoms with E-state index in [4.69, 9.17) is 5.73 Å². The van der Waals surface area contributed by atoms with Crippen molar-refractivity contribution in [3.63, 3.8) is 0 Å². The number of amides is 3. The summed E-state index contributed by atoms with van der Waals surface area (Å²) in [5.74, 6) is -0.672. The third kappa shape index (κ3) is 4.20. The van der Waals surface area contributed by atoms with Crippen molar-refractivity contribution < 1.29 is 14.0 Å². The minimum Gasteiger partial charge on any atom is -0.351 e. The van der Waals surface area contributed by atoms with Gasteiger partial charge in [-0.1, -0.05) is 41.6 Å². The minimum absolute atomic E-state index is 0.289. The first-order chi connectivity index (χ1) is 13.4. The Kier molecular flexibility index (Phi) is 5.74. The largest absolute Gasteiger partial charge is 0.351 e. The monoisotopic (exact) mass is 399 g/mol. The van der Waals surface area contributed by atoms with Gasteiger partial charge in [0.1, 0.15) is 5.82 Å². The van der Waals surface area contributed by atoms with Crippen LogP contribution in [0.4, 0.5) is 9.18 Å². The van der Waals surface area contributed by atoms with Crippen molar-refractivity contribution in [1.29, 1.82) is 0 Å². The summed E-state index contributed by atoms with van der Waals surface area (Å²) in [6.45, 7) is 3.57. The van der Waals surface area contributed by atoms with Crippen LogP contribution in [-0.4, -0.2) is 32.0 Å². The zero-order valence-corrected chi connectivity index (χ0v) is 16.0. The van der Waals surface area contributed by atoms with Crippen molar-refractivity contribution in [3.8, 4) is 17.1 Å². The maximum Gasteiger partial charge on any atom is 0.318 e. The molecule has 1 aromatic heterocycles. The molecule has 144 valence electrons. The van der Waals surface area contributed by atoms with Crippen LogP contribution in [0, 0.1) is 12.7 Å². The Morgan fingerprint density at radius 1 is 1.14 bits per heavy atom. The van der Waals surface area contributed by atoms with Crippen LogP contribution in [0.2, 0.25) is 0 Å². The van der Waals surface area contributed by atoms with Gasteiger partial charge in [-0.05, 0) is 38.1 Å². The molecule has 3 amide bonds. The molecule has 0 spiro atoms. The molecular formula is C19H18FN5O2S. The third-order valence-electron chi connectivity index (χ3n) is 3.94. The molecule has 0 aliphatic heterocycles. The van der Waals surface area contributed by atoms with Crippen LogP contribution < -0.4 is 11.1 Å². The molecule has 0 aliphatic carbocycles. The van der Waals surface area contributed by atoms with Gasteiger partial charge in [0, 0.05) is 5.69 Å². The number of hydrogen-bond donors (Lipinski definition) is 2. The average Bonchev–Trinajstić information content (AvgIpc) is 3.05. The van der Waals surface area contributed by atoms with Gasteiger partial charge < -0.3 is 5.73 Å². The van der Waals surface area contributed by atoms with Gasteiger partial charge in [0.2, 0.25) is 5.91 Å². The Bertz CT molecular complexity index is 1020. The van der Waals surface area contributed by atoms with E-state index in [1.165, 1.54) is 6.07 Å². The van der Waals surface area contributed by atoms with Crippen molar-refractivity contribution in [3.05, 3.63) is 59.9 Å². The summed E-state index contributed by atoms with van der Waals surface area (Å²) in [6.07, 6.45) is 0. The van der Waals surface area contributed by atoms with Gasteiger partial charge >= 0.3 is 6.03 Å². The summed E-state index contributed by atoms with van der Waals surface area (Å²) in [6, 6.07) is 12.9. The zero-order valence-electron chi connectivity index (χ0n) is 15.2. The fourth-order valence-corrected chi connectivity index (χ4v) is 3.39. The number of hydrogen-bond acceptors (Lipinski definition) is 5. The number of carbonyl (C=O) groups is 2. The lowest BCUT2D eigenvalue weighted by molar-refractivity contribution is -0.119. The molecule has 2 aromatic carbocycles. The van der Waals surface area contributed by atoms with Crippen LogP contribution >= 0.6 is 11.8 Å². The molecule has 0 radical (unpaired) electrons. The lowest BCUT2D eigenvalue weighted by Gasteiger charge is -2.13. The van der Waals surface area contributed by atoms with Crippen molar-refractivity contribution in [2.75, 3.05) is 0 Å². The second-order valence-electron chi connectivity index (χ2n) is 6.07. The molecule has 3 N–H and O–H groups in total. The van der Waals surface area contributed by atoms with E-state index in [-0.39, 0.29) is 5.56 Å². The smallest absolute Gasteiger partial charge is 0.318 e. The molecule has 0 fully saturated rings. The highest BCUT2D eigenvalue weighted by Crippen LogP contribution is 2.31. The Labute approximate surface area is 165 Å². The van der Waals surface area contributed by atoms with Crippen LogP contribution in [-0.2, 0) is 4.79 Å². The number of aryl methyl sites for hydroxylation is 1. The topological polar surface area (TPSA) is 103 Å². The van der Waals surface area contributed by atoms with Gasteiger partial charge in [-0.15, -0.1) is 10.2 Å². The molecule has 1 heterocycles.